The lowest BCUT2D eigenvalue weighted by molar-refractivity contribution is -0.127. The normalized spacial score (nSPS) is 14.8. The average Bonchev–Trinajstić information content (AvgIpc) is 3.25. The summed E-state index contributed by atoms with van der Waals surface area (Å²) in [6, 6.07) is 17.3. The van der Waals surface area contributed by atoms with Gasteiger partial charge in [-0.05, 0) is 41.1 Å². The molecule has 0 spiro atoms. The molecule has 5 nitrogen and oxygen atoms in total. The second-order valence-electron chi connectivity index (χ2n) is 6.53. The van der Waals surface area contributed by atoms with Crippen molar-refractivity contribution in [1.29, 1.82) is 0 Å². The van der Waals surface area contributed by atoms with Gasteiger partial charge in [0, 0.05) is 37.8 Å². The molecule has 136 valence electrons. The van der Waals surface area contributed by atoms with Gasteiger partial charge < -0.3 is 14.2 Å². The second-order valence-corrected chi connectivity index (χ2v) is 6.53. The molecule has 2 aromatic carbocycles. The third-order valence-electron chi connectivity index (χ3n) is 4.81. The molecule has 0 saturated carbocycles. The number of carbonyl (C=O) groups is 2. The van der Waals surface area contributed by atoms with Crippen LogP contribution in [0.3, 0.4) is 0 Å². The zero-order chi connectivity index (χ0) is 18.6. The molecule has 5 heteroatoms. The van der Waals surface area contributed by atoms with E-state index in [1.54, 1.807) is 29.4 Å². The summed E-state index contributed by atoms with van der Waals surface area (Å²) in [6.07, 6.45) is 4.75. The summed E-state index contributed by atoms with van der Waals surface area (Å²) >= 11 is 0. The van der Waals surface area contributed by atoms with Gasteiger partial charge in [0.25, 0.3) is 5.91 Å². The standard InChI is InChI=1S/C22H20N2O3/c25-21(10-9-20-6-3-15-27-20)23-11-13-24(14-12-23)22(26)19-8-7-17-4-1-2-5-18(17)16-19/h1-10,15-16H,11-14H2/b10-9+. The van der Waals surface area contributed by atoms with Crippen molar-refractivity contribution < 1.29 is 14.0 Å². The summed E-state index contributed by atoms with van der Waals surface area (Å²) in [6.45, 7) is 2.12. The Labute approximate surface area is 157 Å². The Balaban J connectivity index is 1.38. The highest BCUT2D eigenvalue weighted by atomic mass is 16.3. The first-order valence-corrected chi connectivity index (χ1v) is 8.99. The number of rotatable bonds is 3. The smallest absolute Gasteiger partial charge is 0.253 e. The Hall–Kier alpha value is -3.34. The molecule has 0 unspecified atom stereocenters. The Bertz CT molecular complexity index is 984. The monoisotopic (exact) mass is 360 g/mol. The van der Waals surface area contributed by atoms with Crippen LogP contribution in [0.15, 0.2) is 71.4 Å². The summed E-state index contributed by atoms with van der Waals surface area (Å²) in [5, 5.41) is 2.17. The van der Waals surface area contributed by atoms with Gasteiger partial charge >= 0.3 is 0 Å². The molecular formula is C22H20N2O3. The van der Waals surface area contributed by atoms with Gasteiger partial charge in [0.2, 0.25) is 5.91 Å². The van der Waals surface area contributed by atoms with Crippen molar-refractivity contribution in [2.45, 2.75) is 0 Å². The van der Waals surface area contributed by atoms with Crippen molar-refractivity contribution in [3.05, 3.63) is 78.3 Å². The fraction of sp³-hybridized carbons (Fsp3) is 0.182. The summed E-state index contributed by atoms with van der Waals surface area (Å²) in [7, 11) is 0. The Morgan fingerprint density at radius 3 is 2.33 bits per heavy atom. The van der Waals surface area contributed by atoms with Gasteiger partial charge in [0.15, 0.2) is 0 Å². The molecule has 1 aromatic heterocycles. The molecule has 0 bridgehead atoms. The van der Waals surface area contributed by atoms with Crippen LogP contribution in [0.2, 0.25) is 0 Å². The number of carbonyl (C=O) groups excluding carboxylic acids is 2. The van der Waals surface area contributed by atoms with E-state index in [-0.39, 0.29) is 11.8 Å². The first-order valence-electron chi connectivity index (χ1n) is 8.99. The minimum Gasteiger partial charge on any atom is -0.465 e. The van der Waals surface area contributed by atoms with E-state index in [1.165, 1.54) is 6.08 Å². The minimum atomic E-state index is -0.0656. The number of benzene rings is 2. The summed E-state index contributed by atoms with van der Waals surface area (Å²) in [4.78, 5) is 28.6. The van der Waals surface area contributed by atoms with E-state index in [0.29, 0.717) is 37.5 Å². The van der Waals surface area contributed by atoms with Crippen molar-refractivity contribution in [2.75, 3.05) is 26.2 Å². The molecule has 1 aliphatic heterocycles. The maximum atomic E-state index is 12.8. The van der Waals surface area contributed by atoms with E-state index in [1.807, 2.05) is 47.4 Å². The van der Waals surface area contributed by atoms with E-state index >= 15 is 0 Å². The average molecular weight is 360 g/mol. The number of hydrogen-bond donors (Lipinski definition) is 0. The van der Waals surface area contributed by atoms with Crippen molar-refractivity contribution in [1.82, 2.24) is 9.80 Å². The number of amides is 2. The van der Waals surface area contributed by atoms with Crippen molar-refractivity contribution in [2.24, 2.45) is 0 Å². The maximum Gasteiger partial charge on any atom is 0.253 e. The second kappa shape index (κ2) is 7.50. The lowest BCUT2D eigenvalue weighted by Crippen LogP contribution is -2.50. The van der Waals surface area contributed by atoms with Crippen molar-refractivity contribution in [3.63, 3.8) is 0 Å². The molecule has 0 atom stereocenters. The topological polar surface area (TPSA) is 53.8 Å². The van der Waals surface area contributed by atoms with Crippen LogP contribution in [0.5, 0.6) is 0 Å². The summed E-state index contributed by atoms with van der Waals surface area (Å²) < 4.78 is 5.19. The van der Waals surface area contributed by atoms with Crippen LogP contribution in [0, 0.1) is 0 Å². The van der Waals surface area contributed by atoms with Crippen LogP contribution in [0.25, 0.3) is 16.8 Å². The number of fused-ring (bicyclic) bond motifs is 1. The molecule has 0 aliphatic carbocycles. The van der Waals surface area contributed by atoms with E-state index < -0.39 is 0 Å². The number of furan rings is 1. The minimum absolute atomic E-state index is 0.0129. The molecule has 2 heterocycles. The van der Waals surface area contributed by atoms with E-state index in [0.717, 1.165) is 10.8 Å². The Morgan fingerprint density at radius 2 is 1.59 bits per heavy atom. The van der Waals surface area contributed by atoms with Gasteiger partial charge in [0.1, 0.15) is 5.76 Å². The van der Waals surface area contributed by atoms with E-state index in [4.69, 9.17) is 4.42 Å². The molecule has 2 amide bonds. The molecule has 0 N–H and O–H groups in total. The van der Waals surface area contributed by atoms with E-state index in [9.17, 15) is 9.59 Å². The third-order valence-corrected chi connectivity index (χ3v) is 4.81. The van der Waals surface area contributed by atoms with Crippen LogP contribution in [0.4, 0.5) is 0 Å². The van der Waals surface area contributed by atoms with Crippen LogP contribution in [-0.2, 0) is 4.79 Å². The van der Waals surface area contributed by atoms with Crippen molar-refractivity contribution >= 4 is 28.7 Å². The third kappa shape index (κ3) is 3.77. The lowest BCUT2D eigenvalue weighted by Gasteiger charge is -2.34. The molecule has 1 fully saturated rings. The van der Waals surface area contributed by atoms with Crippen LogP contribution in [0.1, 0.15) is 16.1 Å². The zero-order valence-electron chi connectivity index (χ0n) is 14.9. The summed E-state index contributed by atoms with van der Waals surface area (Å²) in [5.74, 6) is 0.594. The van der Waals surface area contributed by atoms with Crippen LogP contribution in [-0.4, -0.2) is 47.8 Å². The molecule has 0 radical (unpaired) electrons. The summed E-state index contributed by atoms with van der Waals surface area (Å²) in [5.41, 5.74) is 0.686. The van der Waals surface area contributed by atoms with Gasteiger partial charge in [0.05, 0.1) is 6.26 Å². The van der Waals surface area contributed by atoms with Crippen LogP contribution < -0.4 is 0 Å². The highest BCUT2D eigenvalue weighted by Crippen LogP contribution is 2.18. The predicted octanol–water partition coefficient (Wildman–Crippen LogP) is 3.43. The quantitative estimate of drug-likeness (QED) is 0.673. The van der Waals surface area contributed by atoms with Crippen LogP contribution >= 0.6 is 0 Å². The first-order chi connectivity index (χ1) is 13.2. The lowest BCUT2D eigenvalue weighted by atomic mass is 10.1. The molecule has 27 heavy (non-hydrogen) atoms. The van der Waals surface area contributed by atoms with Gasteiger partial charge in [-0.1, -0.05) is 30.3 Å². The number of hydrogen-bond acceptors (Lipinski definition) is 3. The zero-order valence-corrected chi connectivity index (χ0v) is 14.9. The highest BCUT2D eigenvalue weighted by Gasteiger charge is 2.24. The Kier molecular flexibility index (Phi) is 4.75. The van der Waals surface area contributed by atoms with E-state index in [2.05, 4.69) is 0 Å². The number of nitrogens with zero attached hydrogens (tertiary/aromatic N) is 2. The predicted molar refractivity (Wildman–Crippen MR) is 104 cm³/mol. The largest absolute Gasteiger partial charge is 0.465 e. The SMILES string of the molecule is O=C(/C=C/c1ccco1)N1CCN(C(=O)c2ccc3ccccc3c2)CC1. The van der Waals surface area contributed by atoms with Gasteiger partial charge in [-0.3, -0.25) is 9.59 Å². The van der Waals surface area contributed by atoms with Gasteiger partial charge in [-0.15, -0.1) is 0 Å². The first kappa shape index (κ1) is 17.1. The molecular weight excluding hydrogens is 340 g/mol. The highest BCUT2D eigenvalue weighted by molar-refractivity contribution is 5.99. The number of piperazine rings is 1. The van der Waals surface area contributed by atoms with Gasteiger partial charge in [-0.2, -0.15) is 0 Å². The molecule has 1 saturated heterocycles. The fourth-order valence-corrected chi connectivity index (χ4v) is 3.28. The molecule has 1 aliphatic rings. The van der Waals surface area contributed by atoms with Crippen molar-refractivity contribution in [3.8, 4) is 0 Å². The van der Waals surface area contributed by atoms with Gasteiger partial charge in [-0.25, -0.2) is 0 Å². The molecule has 3 aromatic rings. The maximum absolute atomic E-state index is 12.8. The molecule has 4 rings (SSSR count). The Morgan fingerprint density at radius 1 is 0.852 bits per heavy atom. The fourth-order valence-electron chi connectivity index (χ4n) is 3.28.